The van der Waals surface area contributed by atoms with E-state index >= 15 is 0 Å². The molecule has 0 saturated carbocycles. The van der Waals surface area contributed by atoms with E-state index in [0.717, 1.165) is 5.56 Å². The van der Waals surface area contributed by atoms with Gasteiger partial charge >= 0.3 is 18.1 Å². The molecule has 1 unspecified atom stereocenters. The van der Waals surface area contributed by atoms with Gasteiger partial charge in [0.1, 0.15) is 18.1 Å². The number of aliphatic carboxylic acids is 2. The first-order chi connectivity index (χ1) is 15.5. The van der Waals surface area contributed by atoms with Crippen LogP contribution in [0.1, 0.15) is 12.0 Å². The number of rotatable bonds is 11. The summed E-state index contributed by atoms with van der Waals surface area (Å²) in [6.07, 6.45) is -6.08. The van der Waals surface area contributed by atoms with Crippen molar-refractivity contribution in [3.8, 4) is 11.5 Å². The molecular formula is C22H23F3O8. The Kier molecular flexibility index (Phi) is 11.4. The summed E-state index contributed by atoms with van der Waals surface area (Å²) in [6, 6.07) is 15.8. The lowest BCUT2D eigenvalue weighted by Gasteiger charge is -2.14. The summed E-state index contributed by atoms with van der Waals surface area (Å²) in [5.41, 5.74) is 0.918. The van der Waals surface area contributed by atoms with Crippen LogP contribution in [-0.2, 0) is 25.5 Å². The molecule has 0 bridgehead atoms. The number of Topliss-reactive ketones (excluding diaryl/α,β-unsaturated/α-hetero) is 1. The monoisotopic (exact) mass is 472 g/mol. The van der Waals surface area contributed by atoms with E-state index in [4.69, 9.17) is 24.1 Å². The molecule has 0 aromatic heterocycles. The predicted molar refractivity (Wildman–Crippen MR) is 109 cm³/mol. The number of para-hydroxylation sites is 1. The zero-order valence-corrected chi connectivity index (χ0v) is 17.6. The van der Waals surface area contributed by atoms with Crippen molar-refractivity contribution < 1.29 is 52.0 Å². The van der Waals surface area contributed by atoms with Gasteiger partial charge in [0.15, 0.2) is 5.78 Å². The lowest BCUT2D eigenvalue weighted by molar-refractivity contribution is -0.192. The fourth-order valence-corrected chi connectivity index (χ4v) is 2.28. The van der Waals surface area contributed by atoms with Crippen LogP contribution >= 0.6 is 0 Å². The van der Waals surface area contributed by atoms with Gasteiger partial charge in [0.05, 0.1) is 6.61 Å². The summed E-state index contributed by atoms with van der Waals surface area (Å²) in [7, 11) is 1.61. The number of benzene rings is 2. The number of hydrogen-bond donors (Lipinski definition) is 2. The standard InChI is InChI=1S/C20H22O6.C2HF3O2/c1-24-13-14-25-16-10-7-15(8-11-16)9-12-18(21)19(20(22)23)26-17-5-3-2-4-6-17;3-2(4,5)1(6)7/h2-8,10-11,19H,9,12-14H2,1H3,(H,22,23);(H,6,7). The number of aryl methyl sites for hydroxylation is 1. The third-order valence-electron chi connectivity index (χ3n) is 3.90. The van der Waals surface area contributed by atoms with Crippen molar-refractivity contribution in [3.63, 3.8) is 0 Å². The zero-order chi connectivity index (χ0) is 24.9. The molecule has 1 atom stereocenters. The second-order valence-electron chi connectivity index (χ2n) is 6.40. The first kappa shape index (κ1) is 27.4. The van der Waals surface area contributed by atoms with Gasteiger partial charge in [-0.2, -0.15) is 13.2 Å². The summed E-state index contributed by atoms with van der Waals surface area (Å²) in [5.74, 6) is -3.45. The van der Waals surface area contributed by atoms with E-state index in [2.05, 4.69) is 0 Å². The normalized spacial score (nSPS) is 11.5. The molecule has 0 aliphatic rings. The topological polar surface area (TPSA) is 119 Å². The van der Waals surface area contributed by atoms with Gasteiger partial charge in [-0.15, -0.1) is 0 Å². The Morgan fingerprint density at radius 3 is 1.97 bits per heavy atom. The van der Waals surface area contributed by atoms with Crippen molar-refractivity contribution in [2.75, 3.05) is 20.3 Å². The maximum Gasteiger partial charge on any atom is 0.490 e. The molecule has 0 radical (unpaired) electrons. The van der Waals surface area contributed by atoms with E-state index in [1.165, 1.54) is 0 Å². The number of carbonyl (C=O) groups excluding carboxylic acids is 1. The molecule has 2 aromatic carbocycles. The maximum atomic E-state index is 12.3. The van der Waals surface area contributed by atoms with Crippen molar-refractivity contribution in [1.29, 1.82) is 0 Å². The molecule has 0 amide bonds. The minimum absolute atomic E-state index is 0.0771. The Bertz CT molecular complexity index is 883. The second-order valence-corrected chi connectivity index (χ2v) is 6.40. The molecule has 33 heavy (non-hydrogen) atoms. The number of methoxy groups -OCH3 is 1. The minimum atomic E-state index is -5.08. The zero-order valence-electron chi connectivity index (χ0n) is 17.6. The van der Waals surface area contributed by atoms with Crippen LogP contribution in [0, 0.1) is 0 Å². The molecule has 0 spiro atoms. The molecule has 0 fully saturated rings. The molecule has 2 aromatic rings. The highest BCUT2D eigenvalue weighted by atomic mass is 19.4. The Balaban J connectivity index is 0.000000675. The molecule has 11 heteroatoms. The number of carboxylic acid groups (broad SMARTS) is 2. The van der Waals surface area contributed by atoms with Gasteiger partial charge in [0.25, 0.3) is 6.10 Å². The van der Waals surface area contributed by atoms with Crippen LogP contribution < -0.4 is 9.47 Å². The van der Waals surface area contributed by atoms with E-state index in [9.17, 15) is 27.9 Å². The average Bonchev–Trinajstić information content (AvgIpc) is 2.77. The minimum Gasteiger partial charge on any atom is -0.491 e. The van der Waals surface area contributed by atoms with Crippen LogP contribution in [0.4, 0.5) is 13.2 Å². The number of hydrogen-bond acceptors (Lipinski definition) is 6. The van der Waals surface area contributed by atoms with Gasteiger partial charge in [-0.05, 0) is 36.2 Å². The summed E-state index contributed by atoms with van der Waals surface area (Å²) in [4.78, 5) is 32.5. The van der Waals surface area contributed by atoms with Gasteiger partial charge in [-0.1, -0.05) is 30.3 Å². The van der Waals surface area contributed by atoms with Crippen LogP contribution in [0.3, 0.4) is 0 Å². The number of halogens is 3. The van der Waals surface area contributed by atoms with Gasteiger partial charge in [-0.3, -0.25) is 4.79 Å². The molecular weight excluding hydrogens is 449 g/mol. The maximum absolute atomic E-state index is 12.3. The van der Waals surface area contributed by atoms with Crippen molar-refractivity contribution in [2.24, 2.45) is 0 Å². The van der Waals surface area contributed by atoms with E-state index in [1.54, 1.807) is 37.4 Å². The van der Waals surface area contributed by atoms with Crippen LogP contribution in [0.25, 0.3) is 0 Å². The summed E-state index contributed by atoms with van der Waals surface area (Å²) >= 11 is 0. The summed E-state index contributed by atoms with van der Waals surface area (Å²) < 4.78 is 47.4. The largest absolute Gasteiger partial charge is 0.491 e. The SMILES string of the molecule is COCCOc1ccc(CCC(=O)C(Oc2ccccc2)C(=O)O)cc1.O=C(O)C(F)(F)F. The van der Waals surface area contributed by atoms with Crippen molar-refractivity contribution >= 4 is 17.7 Å². The Hall–Kier alpha value is -3.60. The van der Waals surface area contributed by atoms with Crippen LogP contribution in [0.2, 0.25) is 0 Å². The van der Waals surface area contributed by atoms with Crippen LogP contribution in [-0.4, -0.2) is 60.5 Å². The Morgan fingerprint density at radius 2 is 1.48 bits per heavy atom. The molecule has 0 aliphatic carbocycles. The molecule has 2 N–H and O–H groups in total. The average molecular weight is 472 g/mol. The first-order valence-corrected chi connectivity index (χ1v) is 9.52. The molecule has 180 valence electrons. The molecule has 8 nitrogen and oxygen atoms in total. The molecule has 0 saturated heterocycles. The number of ketones is 1. The summed E-state index contributed by atoms with van der Waals surface area (Å²) in [5, 5.41) is 16.4. The number of ether oxygens (including phenoxy) is 3. The van der Waals surface area contributed by atoms with Crippen molar-refractivity contribution in [3.05, 3.63) is 60.2 Å². The third-order valence-corrected chi connectivity index (χ3v) is 3.90. The fraction of sp³-hybridized carbons (Fsp3) is 0.318. The smallest absolute Gasteiger partial charge is 0.490 e. The van der Waals surface area contributed by atoms with Crippen molar-refractivity contribution in [1.82, 2.24) is 0 Å². The molecule has 0 heterocycles. The van der Waals surface area contributed by atoms with Gasteiger partial charge in [0.2, 0.25) is 0 Å². The first-order valence-electron chi connectivity index (χ1n) is 9.52. The Morgan fingerprint density at radius 1 is 0.909 bits per heavy atom. The third kappa shape index (κ3) is 11.0. The Labute approximate surface area is 187 Å². The quantitative estimate of drug-likeness (QED) is 0.377. The van der Waals surface area contributed by atoms with Gasteiger partial charge in [-0.25, -0.2) is 9.59 Å². The van der Waals surface area contributed by atoms with Crippen LogP contribution in [0.15, 0.2) is 54.6 Å². The molecule has 2 rings (SSSR count). The number of carboxylic acids is 2. The fourth-order valence-electron chi connectivity index (χ4n) is 2.28. The number of carbonyl (C=O) groups is 3. The van der Waals surface area contributed by atoms with Crippen LogP contribution in [0.5, 0.6) is 11.5 Å². The lowest BCUT2D eigenvalue weighted by atomic mass is 10.0. The summed E-state index contributed by atoms with van der Waals surface area (Å²) in [6.45, 7) is 0.972. The highest BCUT2D eigenvalue weighted by Gasteiger charge is 2.38. The van der Waals surface area contributed by atoms with Gasteiger partial charge < -0.3 is 24.4 Å². The lowest BCUT2D eigenvalue weighted by Crippen LogP contribution is -2.35. The second kappa shape index (κ2) is 13.7. The van der Waals surface area contributed by atoms with E-state index in [1.807, 2.05) is 24.3 Å². The molecule has 0 aliphatic heterocycles. The van der Waals surface area contributed by atoms with E-state index in [0.29, 0.717) is 31.1 Å². The van der Waals surface area contributed by atoms with Gasteiger partial charge in [0, 0.05) is 13.5 Å². The van der Waals surface area contributed by atoms with E-state index in [-0.39, 0.29) is 6.42 Å². The highest BCUT2D eigenvalue weighted by Crippen LogP contribution is 2.16. The highest BCUT2D eigenvalue weighted by molar-refractivity contribution is 6.01. The van der Waals surface area contributed by atoms with E-state index < -0.39 is 30.0 Å². The predicted octanol–water partition coefficient (Wildman–Crippen LogP) is 3.38. The van der Waals surface area contributed by atoms with Crippen molar-refractivity contribution in [2.45, 2.75) is 25.1 Å². The number of alkyl halides is 3.